The van der Waals surface area contributed by atoms with Gasteiger partial charge in [0.2, 0.25) is 0 Å². The molecule has 0 saturated heterocycles. The van der Waals surface area contributed by atoms with Crippen molar-refractivity contribution >= 4 is 97.9 Å². The van der Waals surface area contributed by atoms with E-state index in [1.807, 2.05) is 29.8 Å². The maximum atomic E-state index is 12.4. The minimum atomic E-state index is -5.78. The van der Waals surface area contributed by atoms with E-state index >= 15 is 0 Å². The Hall–Kier alpha value is -1.96. The number of carbonyl (C=O) groups excluding carboxylic acids is 4. The molecule has 1 atom stereocenters. The van der Waals surface area contributed by atoms with Crippen molar-refractivity contribution in [2.75, 3.05) is 33.0 Å². The topological polar surface area (TPSA) is 280 Å². The maximum Gasteiger partial charge on any atom is 1.00 e. The van der Waals surface area contributed by atoms with Gasteiger partial charge in [-0.15, -0.1) is 0 Å². The van der Waals surface area contributed by atoms with Gasteiger partial charge in [0, 0.05) is 36.8 Å². The van der Waals surface area contributed by atoms with Gasteiger partial charge >= 0.3 is 108 Å². The third kappa shape index (κ3) is 47.7. The van der Waals surface area contributed by atoms with E-state index in [0.29, 0.717) is 38.5 Å². The first-order chi connectivity index (χ1) is 37.3. The van der Waals surface area contributed by atoms with E-state index in [1.165, 1.54) is 14.7 Å². The zero-order valence-corrected chi connectivity index (χ0v) is 56.3. The third-order valence-electron chi connectivity index (χ3n) is 8.63. The molecule has 3 aromatic carbocycles. The summed E-state index contributed by atoms with van der Waals surface area (Å²) in [5.41, 5.74) is 0. The van der Waals surface area contributed by atoms with Crippen molar-refractivity contribution in [2.24, 2.45) is 0 Å². The van der Waals surface area contributed by atoms with E-state index in [2.05, 4.69) is 126 Å². The number of ether oxygens (including phenoxy) is 4. The van der Waals surface area contributed by atoms with E-state index in [4.69, 9.17) is 5.11 Å². The number of alkyl halides is 12. The number of rotatable bonds is 27. The fraction of sp³-hybridized carbons (Fsp3) is 0.542. The molecular formula is C48H62Br2F10Na2O17S4. The van der Waals surface area contributed by atoms with E-state index < -0.39 is 114 Å². The number of carbonyl (C=O) groups is 4. The Morgan fingerprint density at radius 1 is 0.494 bits per heavy atom. The predicted octanol–water partition coefficient (Wildman–Crippen LogP) is 5.37. The fourth-order valence-corrected chi connectivity index (χ4v) is 7.28. The molecule has 0 fully saturated rings. The molecule has 0 aliphatic carbocycles. The third-order valence-corrected chi connectivity index (χ3v) is 13.6. The molecule has 17 nitrogen and oxygen atoms in total. The number of hydrogen-bond acceptors (Lipinski definition) is 17. The average Bonchev–Trinajstić information content (AvgIpc) is 3.42. The Morgan fingerprint density at radius 3 is 0.916 bits per heavy atom. The maximum absolute atomic E-state index is 12.4. The number of aliphatic hydroxyl groups excluding tert-OH is 1. The van der Waals surface area contributed by atoms with Gasteiger partial charge in [-0.2, -0.15) is 43.9 Å². The molecule has 0 aliphatic heterocycles. The summed E-state index contributed by atoms with van der Waals surface area (Å²) in [4.78, 5) is 40.7. The molecule has 0 saturated carbocycles. The first-order valence-electron chi connectivity index (χ1n) is 23.7. The number of benzene rings is 3. The molecule has 0 aromatic heterocycles. The molecule has 0 aliphatic rings. The average molecular weight is 1440 g/mol. The summed E-state index contributed by atoms with van der Waals surface area (Å²) in [7, 11) is -11.6. The number of hydrogen-bond donors (Lipinski definition) is 1. The molecule has 1 unspecified atom stereocenters. The van der Waals surface area contributed by atoms with Crippen molar-refractivity contribution < 1.29 is 181 Å². The van der Waals surface area contributed by atoms with Crippen LogP contribution >= 0.6 is 31.9 Å². The first kappa shape index (κ1) is 89.8. The second kappa shape index (κ2) is 47.1. The van der Waals surface area contributed by atoms with Crippen LogP contribution in [0.5, 0.6) is 0 Å². The van der Waals surface area contributed by atoms with Crippen molar-refractivity contribution in [1.82, 2.24) is 0 Å². The Labute approximate surface area is 542 Å². The molecule has 35 heteroatoms. The van der Waals surface area contributed by atoms with Crippen molar-refractivity contribution in [1.29, 1.82) is 0 Å². The van der Waals surface area contributed by atoms with Crippen molar-refractivity contribution in [2.45, 2.75) is 145 Å². The Bertz CT molecular complexity index is 2320. The predicted molar refractivity (Wildman–Crippen MR) is 281 cm³/mol. The van der Waals surface area contributed by atoms with Gasteiger partial charge in [0.25, 0.3) is 0 Å². The monoisotopic (exact) mass is 1430 g/mol. The zero-order valence-electron chi connectivity index (χ0n) is 45.8. The summed E-state index contributed by atoms with van der Waals surface area (Å²) >= 11 is 0.400. The van der Waals surface area contributed by atoms with Crippen molar-refractivity contribution in [3.05, 3.63) is 91.0 Å². The summed E-state index contributed by atoms with van der Waals surface area (Å²) in [5, 5.41) is -5.51. The van der Waals surface area contributed by atoms with Crippen LogP contribution in [0.15, 0.2) is 106 Å². The van der Waals surface area contributed by atoms with Gasteiger partial charge in [0.15, 0.2) is 61.4 Å². The van der Waals surface area contributed by atoms with Crippen molar-refractivity contribution in [3.8, 4) is 0 Å². The van der Waals surface area contributed by atoms with Crippen LogP contribution in [0.1, 0.15) is 105 Å². The van der Waals surface area contributed by atoms with Crippen LogP contribution in [0, 0.1) is 0 Å². The van der Waals surface area contributed by atoms with E-state index in [9.17, 15) is 97.8 Å². The fourth-order valence-electron chi connectivity index (χ4n) is 4.50. The van der Waals surface area contributed by atoms with Gasteiger partial charge in [-0.25, -0.2) is 16.8 Å². The van der Waals surface area contributed by atoms with Gasteiger partial charge in [0.1, 0.15) is 6.61 Å². The summed E-state index contributed by atoms with van der Waals surface area (Å²) in [6, 6.07) is 32.2. The van der Waals surface area contributed by atoms with E-state index in [1.54, 1.807) is 13.8 Å². The first-order valence-corrected chi connectivity index (χ1v) is 30.4. The minimum absolute atomic E-state index is 0. The van der Waals surface area contributed by atoms with Gasteiger partial charge in [-0.1, -0.05) is 108 Å². The van der Waals surface area contributed by atoms with Gasteiger partial charge in [-0.3, -0.25) is 23.4 Å². The van der Waals surface area contributed by atoms with Crippen LogP contribution in [0.3, 0.4) is 0 Å². The smallest absolute Gasteiger partial charge is 0.768 e. The Balaban J connectivity index is -0.000000299. The number of unbranched alkanes of at least 4 members (excludes halogenated alkanes) is 4. The molecule has 0 heterocycles. The van der Waals surface area contributed by atoms with Crippen LogP contribution in [-0.4, -0.2) is 122 Å². The number of aliphatic hydroxyl groups is 1. The second-order valence-corrected chi connectivity index (χ2v) is 24.2. The number of esters is 4. The molecule has 3 aromatic rings. The molecular weight excluding hydrogens is 1370 g/mol. The molecule has 0 amide bonds. The van der Waals surface area contributed by atoms with Crippen LogP contribution in [0.4, 0.5) is 43.9 Å². The summed E-state index contributed by atoms with van der Waals surface area (Å²) in [5.74, 6) is -3.27. The van der Waals surface area contributed by atoms with Gasteiger partial charge in [0.05, 0.1) is 10.9 Å². The standard InChI is InChI=1S/C18H15S.C7H11BrF2O2.2C7H12F2O5S.C7H12F2O4S.C2H3BrF2O.2Na/c1-4-10-16(11-5-1)19(17-12-6-2-7-13-17)18-14-8-3-9-15-18;1-2-3-4-6(11)12-5-7(8,9)10;2*1-2-3-4-6(10)14-5-7(8,9)15(11,12)13;1-2-3-4-6(10)13-5-7(8,9)14(11)12;3-2(4,5)1-6;;/h1-15H;2-5H2,1H3;2*2-5H2,1H3,(H,11,12,13);2-5H2,1H3,(H,11,12);6H,1H2;;/q+1;;;;;;2*+1/p-3. The van der Waals surface area contributed by atoms with E-state index in [-0.39, 0.29) is 95.7 Å². The van der Waals surface area contributed by atoms with Crippen LogP contribution in [0.25, 0.3) is 0 Å². The summed E-state index contributed by atoms with van der Waals surface area (Å²) in [6.07, 6.45) is 5.12. The molecule has 0 radical (unpaired) electrons. The SMILES string of the molecule is CCCCC(=O)OCC(F)(F)Br.CCCCC(=O)OCC(F)(F)S(=O)(=O)[O-].CCCCC(=O)OCC(F)(F)S(=O)(=O)[O-].CCCCC(=O)OCC(F)(F)S(=O)[O-].OCC(F)(F)Br.[Na+].[Na+].c1ccc([S+](c2ccccc2)c2ccccc2)cc1. The second-order valence-electron chi connectivity index (χ2n) is 15.7. The van der Waals surface area contributed by atoms with Crippen molar-refractivity contribution in [3.63, 3.8) is 0 Å². The molecule has 0 bridgehead atoms. The quantitative estimate of drug-likeness (QED) is 0.0147. The molecule has 83 heavy (non-hydrogen) atoms. The Kier molecular flexibility index (Phi) is 50.9. The molecule has 466 valence electrons. The summed E-state index contributed by atoms with van der Waals surface area (Å²) in [6.45, 7) is 0.409. The van der Waals surface area contributed by atoms with Crippen LogP contribution in [0.2, 0.25) is 0 Å². The summed E-state index contributed by atoms with van der Waals surface area (Å²) < 4.78 is 217. The van der Waals surface area contributed by atoms with Crippen LogP contribution < -0.4 is 59.1 Å². The Morgan fingerprint density at radius 2 is 0.723 bits per heavy atom. The van der Waals surface area contributed by atoms with E-state index in [0.717, 1.165) is 12.8 Å². The molecule has 1 N–H and O–H groups in total. The van der Waals surface area contributed by atoms with Crippen LogP contribution in [-0.2, 0) is 80.3 Å². The normalized spacial score (nSPS) is 11.8. The van der Waals surface area contributed by atoms with Gasteiger partial charge < -0.3 is 37.7 Å². The minimum Gasteiger partial charge on any atom is -0.768 e. The largest absolute Gasteiger partial charge is 1.00 e. The van der Waals surface area contributed by atoms with Gasteiger partial charge in [-0.05, 0) is 93.9 Å². The zero-order chi connectivity index (χ0) is 63.2. The number of halogens is 12. The molecule has 0 spiro atoms. The molecule has 3 rings (SSSR count).